The maximum atomic E-state index is 3.83. The van der Waals surface area contributed by atoms with Crippen molar-refractivity contribution in [2.45, 2.75) is 56.5 Å². The highest BCUT2D eigenvalue weighted by Gasteiger charge is 2.51. The molecular formula is C23H28N2. The molecule has 0 radical (unpaired) electrons. The lowest BCUT2D eigenvalue weighted by Crippen LogP contribution is -2.59. The minimum atomic E-state index is 0.451. The molecule has 1 saturated carbocycles. The van der Waals surface area contributed by atoms with Crippen LogP contribution in [0.1, 0.15) is 48.8 Å². The number of anilines is 1. The van der Waals surface area contributed by atoms with Crippen LogP contribution < -0.4 is 10.6 Å². The molecule has 1 saturated heterocycles. The highest BCUT2D eigenvalue weighted by Crippen LogP contribution is 2.54. The van der Waals surface area contributed by atoms with Gasteiger partial charge in [-0.05, 0) is 67.0 Å². The van der Waals surface area contributed by atoms with Crippen LogP contribution in [0.4, 0.5) is 5.69 Å². The van der Waals surface area contributed by atoms with Crippen LogP contribution in [0.15, 0.2) is 48.5 Å². The van der Waals surface area contributed by atoms with Gasteiger partial charge in [0.05, 0.1) is 0 Å². The molecule has 2 aliphatic carbocycles. The van der Waals surface area contributed by atoms with Crippen LogP contribution >= 0.6 is 0 Å². The molecule has 2 heteroatoms. The maximum absolute atomic E-state index is 3.83. The zero-order chi connectivity index (χ0) is 16.7. The largest absolute Gasteiger partial charge is 0.381 e. The third kappa shape index (κ3) is 2.58. The fraction of sp³-hybridized carbons (Fsp3) is 0.478. The summed E-state index contributed by atoms with van der Waals surface area (Å²) in [6.07, 6.45) is 8.18. The molecule has 2 aromatic carbocycles. The molecule has 3 atom stereocenters. The van der Waals surface area contributed by atoms with Gasteiger partial charge in [0, 0.05) is 23.7 Å². The highest BCUT2D eigenvalue weighted by atomic mass is 15.0. The Bertz CT molecular complexity index is 750. The van der Waals surface area contributed by atoms with Crippen LogP contribution in [0.3, 0.4) is 0 Å². The zero-order valence-electron chi connectivity index (χ0n) is 14.9. The average Bonchev–Trinajstić information content (AvgIpc) is 2.67. The van der Waals surface area contributed by atoms with E-state index >= 15 is 0 Å². The summed E-state index contributed by atoms with van der Waals surface area (Å²) in [7, 11) is 0. The van der Waals surface area contributed by atoms with Crippen molar-refractivity contribution in [2.24, 2.45) is 5.92 Å². The summed E-state index contributed by atoms with van der Waals surface area (Å²) in [6, 6.07) is 18.6. The molecule has 2 bridgehead atoms. The first-order valence-electron chi connectivity index (χ1n) is 10.00. The van der Waals surface area contributed by atoms with E-state index in [-0.39, 0.29) is 0 Å². The second-order valence-electron chi connectivity index (χ2n) is 8.23. The van der Waals surface area contributed by atoms with Crippen molar-refractivity contribution in [2.75, 3.05) is 11.9 Å². The van der Waals surface area contributed by atoms with Crippen molar-refractivity contribution in [3.63, 3.8) is 0 Å². The SMILES string of the molecule is c1ccc(CNc2ccc3c(c2)[C@@]24CCCC[C@H]2[C@@H](C3)NCC4)cc1. The van der Waals surface area contributed by atoms with Crippen molar-refractivity contribution in [1.29, 1.82) is 0 Å². The lowest BCUT2D eigenvalue weighted by atomic mass is 9.53. The van der Waals surface area contributed by atoms with Gasteiger partial charge in [0.2, 0.25) is 0 Å². The summed E-state index contributed by atoms with van der Waals surface area (Å²) in [4.78, 5) is 0. The Kier molecular flexibility index (Phi) is 3.82. The first-order chi connectivity index (χ1) is 12.4. The predicted octanol–water partition coefficient (Wildman–Crippen LogP) is 4.64. The van der Waals surface area contributed by atoms with Crippen molar-refractivity contribution in [3.05, 3.63) is 65.2 Å². The van der Waals surface area contributed by atoms with Crippen LogP contribution in [0, 0.1) is 5.92 Å². The molecule has 0 amide bonds. The molecule has 2 fully saturated rings. The number of hydrogen-bond acceptors (Lipinski definition) is 2. The van der Waals surface area contributed by atoms with Crippen molar-refractivity contribution >= 4 is 5.69 Å². The summed E-state index contributed by atoms with van der Waals surface area (Å²) in [5, 5.41) is 7.49. The van der Waals surface area contributed by atoms with Gasteiger partial charge in [-0.25, -0.2) is 0 Å². The summed E-state index contributed by atoms with van der Waals surface area (Å²) >= 11 is 0. The van der Waals surface area contributed by atoms with Crippen LogP contribution in [-0.4, -0.2) is 12.6 Å². The second-order valence-corrected chi connectivity index (χ2v) is 8.23. The van der Waals surface area contributed by atoms with E-state index < -0.39 is 0 Å². The third-order valence-electron chi connectivity index (χ3n) is 6.99. The van der Waals surface area contributed by atoms with Crippen molar-refractivity contribution in [3.8, 4) is 0 Å². The van der Waals surface area contributed by atoms with Gasteiger partial charge in [0.15, 0.2) is 0 Å². The molecule has 2 nitrogen and oxygen atoms in total. The molecule has 25 heavy (non-hydrogen) atoms. The smallest absolute Gasteiger partial charge is 0.0400 e. The second kappa shape index (κ2) is 6.17. The van der Waals surface area contributed by atoms with Gasteiger partial charge in [-0.15, -0.1) is 0 Å². The molecule has 0 aromatic heterocycles. The lowest BCUT2D eigenvalue weighted by molar-refractivity contribution is 0.0798. The number of hydrogen-bond donors (Lipinski definition) is 2. The van der Waals surface area contributed by atoms with Crippen LogP contribution in [0.25, 0.3) is 0 Å². The van der Waals surface area contributed by atoms with Crippen molar-refractivity contribution < 1.29 is 0 Å². The molecule has 2 aromatic rings. The monoisotopic (exact) mass is 332 g/mol. The van der Waals surface area contributed by atoms with Crippen molar-refractivity contribution in [1.82, 2.24) is 5.32 Å². The van der Waals surface area contributed by atoms with E-state index in [9.17, 15) is 0 Å². The molecule has 0 spiro atoms. The number of fused-ring (bicyclic) bond motifs is 1. The Balaban J connectivity index is 1.46. The van der Waals surface area contributed by atoms with E-state index in [1.54, 1.807) is 11.1 Å². The number of piperidine rings is 1. The number of rotatable bonds is 3. The molecule has 2 N–H and O–H groups in total. The predicted molar refractivity (Wildman–Crippen MR) is 104 cm³/mol. The molecule has 3 aliphatic rings. The Morgan fingerprint density at radius 2 is 1.96 bits per heavy atom. The van der Waals surface area contributed by atoms with Gasteiger partial charge in [-0.1, -0.05) is 49.2 Å². The van der Waals surface area contributed by atoms with E-state index in [0.29, 0.717) is 11.5 Å². The van der Waals surface area contributed by atoms with E-state index in [4.69, 9.17) is 0 Å². The maximum Gasteiger partial charge on any atom is 0.0400 e. The fourth-order valence-electron chi connectivity index (χ4n) is 5.83. The van der Waals surface area contributed by atoms with Crippen LogP contribution in [-0.2, 0) is 18.4 Å². The number of benzene rings is 2. The summed E-state index contributed by atoms with van der Waals surface area (Å²) < 4.78 is 0. The van der Waals surface area contributed by atoms with Gasteiger partial charge in [-0.2, -0.15) is 0 Å². The van der Waals surface area contributed by atoms with Gasteiger partial charge < -0.3 is 10.6 Å². The van der Waals surface area contributed by atoms with E-state index in [2.05, 4.69) is 59.2 Å². The van der Waals surface area contributed by atoms with Crippen LogP contribution in [0.2, 0.25) is 0 Å². The standard InChI is InChI=1S/C23H28N2/c1-2-6-17(7-3-1)16-25-19-10-9-18-14-22-20-8-4-5-11-23(20,12-13-24-22)21(18)15-19/h1-3,6-7,9-10,15,20,22,24-25H,4-5,8,11-14,16H2/t20-,22+,23+/m0/s1. The normalized spacial score (nSPS) is 30.2. The van der Waals surface area contributed by atoms with Crippen LogP contribution in [0.5, 0.6) is 0 Å². The van der Waals surface area contributed by atoms with E-state index in [1.165, 1.54) is 56.3 Å². The van der Waals surface area contributed by atoms with Gasteiger partial charge in [0.1, 0.15) is 0 Å². The van der Waals surface area contributed by atoms with E-state index in [0.717, 1.165) is 12.5 Å². The summed E-state index contributed by atoms with van der Waals surface area (Å²) in [6.45, 7) is 2.10. The minimum Gasteiger partial charge on any atom is -0.381 e. The molecule has 0 unspecified atom stereocenters. The molecule has 1 aliphatic heterocycles. The summed E-state index contributed by atoms with van der Waals surface area (Å²) in [5.41, 5.74) is 6.36. The average molecular weight is 332 g/mol. The third-order valence-corrected chi connectivity index (χ3v) is 6.99. The zero-order valence-corrected chi connectivity index (χ0v) is 14.9. The quantitative estimate of drug-likeness (QED) is 0.855. The topological polar surface area (TPSA) is 24.1 Å². The fourth-order valence-corrected chi connectivity index (χ4v) is 5.83. The van der Waals surface area contributed by atoms with Gasteiger partial charge in [-0.3, -0.25) is 0 Å². The first-order valence-corrected chi connectivity index (χ1v) is 10.00. The van der Waals surface area contributed by atoms with E-state index in [1.807, 2.05) is 0 Å². The summed E-state index contributed by atoms with van der Waals surface area (Å²) in [5.74, 6) is 0.854. The first kappa shape index (κ1) is 15.5. The molecule has 130 valence electrons. The van der Waals surface area contributed by atoms with Gasteiger partial charge >= 0.3 is 0 Å². The minimum absolute atomic E-state index is 0.451. The Hall–Kier alpha value is -1.80. The molecule has 1 heterocycles. The molecule has 5 rings (SSSR count). The Morgan fingerprint density at radius 3 is 2.88 bits per heavy atom. The lowest BCUT2D eigenvalue weighted by Gasteiger charge is -2.56. The Labute approximate surface area is 151 Å². The highest BCUT2D eigenvalue weighted by molar-refractivity contribution is 5.53. The molecular weight excluding hydrogens is 304 g/mol. The van der Waals surface area contributed by atoms with Gasteiger partial charge in [0.25, 0.3) is 0 Å². The Morgan fingerprint density at radius 1 is 1.04 bits per heavy atom. The number of nitrogens with one attached hydrogen (secondary N) is 2.